The lowest BCUT2D eigenvalue weighted by molar-refractivity contribution is 0.691. The fraction of sp³-hybridized carbons (Fsp3) is 0.143. The van der Waals surface area contributed by atoms with Crippen molar-refractivity contribution in [2.24, 2.45) is 0 Å². The third-order valence-corrected chi connectivity index (χ3v) is 4.27. The molecule has 5 heteroatoms. The van der Waals surface area contributed by atoms with Crippen LogP contribution in [0.25, 0.3) is 0 Å². The van der Waals surface area contributed by atoms with Gasteiger partial charge in [0.05, 0.1) is 6.04 Å². The molecule has 19 heavy (non-hydrogen) atoms. The van der Waals surface area contributed by atoms with Crippen molar-refractivity contribution >= 4 is 55.1 Å². The first-order chi connectivity index (χ1) is 9.01. The Bertz CT molecular complexity index is 582. The number of halogens is 4. The molecule has 0 spiro atoms. The number of hydrogen-bond acceptors (Lipinski definition) is 1. The summed E-state index contributed by atoms with van der Waals surface area (Å²) in [6.45, 7) is 0. The van der Waals surface area contributed by atoms with Crippen LogP contribution in [0.15, 0.2) is 45.3 Å². The van der Waals surface area contributed by atoms with E-state index in [4.69, 9.17) is 23.2 Å². The molecule has 2 rings (SSSR count). The molecule has 0 saturated heterocycles. The van der Waals surface area contributed by atoms with E-state index >= 15 is 0 Å². The summed E-state index contributed by atoms with van der Waals surface area (Å²) in [5, 5.41) is 4.64. The standard InChI is InChI=1S/C14H11Br2Cl2N/c1-19-14(8-4-9(15)6-10(16)5-8)12-7-11(17)2-3-13(12)18/h2-7,14,19H,1H3. The van der Waals surface area contributed by atoms with Gasteiger partial charge in [-0.05, 0) is 54.6 Å². The van der Waals surface area contributed by atoms with Crippen molar-refractivity contribution in [1.82, 2.24) is 5.32 Å². The van der Waals surface area contributed by atoms with Crippen molar-refractivity contribution in [2.45, 2.75) is 6.04 Å². The average Bonchev–Trinajstić information content (AvgIpc) is 2.33. The van der Waals surface area contributed by atoms with E-state index in [0.29, 0.717) is 10.0 Å². The smallest absolute Gasteiger partial charge is 0.0590 e. The van der Waals surface area contributed by atoms with Gasteiger partial charge in [-0.2, -0.15) is 0 Å². The van der Waals surface area contributed by atoms with E-state index in [0.717, 1.165) is 20.1 Å². The average molecular weight is 424 g/mol. The molecule has 2 aromatic carbocycles. The second-order valence-corrected chi connectivity index (χ2v) is 6.77. The molecule has 0 aliphatic heterocycles. The van der Waals surface area contributed by atoms with Crippen LogP contribution in [0.4, 0.5) is 0 Å². The minimum Gasteiger partial charge on any atom is -0.309 e. The van der Waals surface area contributed by atoms with Gasteiger partial charge in [-0.15, -0.1) is 0 Å². The van der Waals surface area contributed by atoms with Gasteiger partial charge in [0.15, 0.2) is 0 Å². The Hall–Kier alpha value is -0.0600. The summed E-state index contributed by atoms with van der Waals surface area (Å²) < 4.78 is 2.02. The largest absolute Gasteiger partial charge is 0.309 e. The fourth-order valence-corrected chi connectivity index (χ4v) is 3.72. The minimum absolute atomic E-state index is 0.0139. The summed E-state index contributed by atoms with van der Waals surface area (Å²) in [6, 6.07) is 11.6. The molecule has 100 valence electrons. The van der Waals surface area contributed by atoms with Gasteiger partial charge in [-0.3, -0.25) is 0 Å². The van der Waals surface area contributed by atoms with Gasteiger partial charge in [0, 0.05) is 19.0 Å². The highest BCUT2D eigenvalue weighted by Gasteiger charge is 2.16. The molecule has 0 saturated carbocycles. The molecule has 1 N–H and O–H groups in total. The zero-order valence-corrected chi connectivity index (χ0v) is 14.7. The van der Waals surface area contributed by atoms with Gasteiger partial charge in [0.25, 0.3) is 0 Å². The Morgan fingerprint density at radius 3 is 2.21 bits per heavy atom. The first-order valence-corrected chi connectivity index (χ1v) is 7.93. The second-order valence-electron chi connectivity index (χ2n) is 4.09. The van der Waals surface area contributed by atoms with Crippen LogP contribution in [0.1, 0.15) is 17.2 Å². The predicted molar refractivity (Wildman–Crippen MR) is 89.2 cm³/mol. The molecule has 1 atom stereocenters. The van der Waals surface area contributed by atoms with Crippen LogP contribution in [0.2, 0.25) is 10.0 Å². The Kier molecular flexibility index (Phi) is 5.32. The summed E-state index contributed by atoms with van der Waals surface area (Å²) in [6.07, 6.45) is 0. The van der Waals surface area contributed by atoms with E-state index in [-0.39, 0.29) is 6.04 Å². The lowest BCUT2D eigenvalue weighted by Crippen LogP contribution is -2.18. The van der Waals surface area contributed by atoms with Crippen LogP contribution in [-0.2, 0) is 0 Å². The number of hydrogen-bond donors (Lipinski definition) is 1. The maximum Gasteiger partial charge on any atom is 0.0590 e. The third kappa shape index (κ3) is 3.73. The summed E-state index contributed by atoms with van der Waals surface area (Å²) in [7, 11) is 1.90. The highest BCUT2D eigenvalue weighted by Crippen LogP contribution is 2.33. The molecule has 0 fully saturated rings. The first kappa shape index (κ1) is 15.3. The maximum absolute atomic E-state index is 6.28. The molecule has 2 aromatic rings. The third-order valence-electron chi connectivity index (χ3n) is 2.78. The van der Waals surface area contributed by atoms with Crippen molar-refractivity contribution in [3.63, 3.8) is 0 Å². The maximum atomic E-state index is 6.28. The van der Waals surface area contributed by atoms with E-state index in [1.807, 2.05) is 25.2 Å². The van der Waals surface area contributed by atoms with Gasteiger partial charge < -0.3 is 5.32 Å². The highest BCUT2D eigenvalue weighted by molar-refractivity contribution is 9.11. The minimum atomic E-state index is -0.0139. The van der Waals surface area contributed by atoms with E-state index in [1.54, 1.807) is 6.07 Å². The molecule has 0 aromatic heterocycles. The predicted octanol–water partition coefficient (Wildman–Crippen LogP) is 5.83. The summed E-state index contributed by atoms with van der Waals surface area (Å²) in [5.74, 6) is 0. The van der Waals surface area contributed by atoms with Crippen LogP contribution < -0.4 is 5.32 Å². The molecule has 1 unspecified atom stereocenters. The number of benzene rings is 2. The van der Waals surface area contributed by atoms with Gasteiger partial charge >= 0.3 is 0 Å². The van der Waals surface area contributed by atoms with Gasteiger partial charge in [0.2, 0.25) is 0 Å². The normalized spacial score (nSPS) is 12.5. The van der Waals surface area contributed by atoms with Crippen molar-refractivity contribution in [2.75, 3.05) is 7.05 Å². The van der Waals surface area contributed by atoms with Crippen LogP contribution >= 0.6 is 55.1 Å². The molecule has 0 aliphatic carbocycles. The lowest BCUT2D eigenvalue weighted by atomic mass is 9.99. The quantitative estimate of drug-likeness (QED) is 0.655. The summed E-state index contributed by atoms with van der Waals surface area (Å²) in [5.41, 5.74) is 2.06. The number of rotatable bonds is 3. The number of nitrogens with one attached hydrogen (secondary N) is 1. The van der Waals surface area contributed by atoms with Gasteiger partial charge in [0.1, 0.15) is 0 Å². The zero-order valence-electron chi connectivity index (χ0n) is 10.1. The Morgan fingerprint density at radius 1 is 1.00 bits per heavy atom. The van der Waals surface area contributed by atoms with Crippen molar-refractivity contribution < 1.29 is 0 Å². The van der Waals surface area contributed by atoms with Crippen LogP contribution in [0.3, 0.4) is 0 Å². The van der Waals surface area contributed by atoms with Crippen molar-refractivity contribution in [3.8, 4) is 0 Å². The topological polar surface area (TPSA) is 12.0 Å². The molecular formula is C14H11Br2Cl2N. The molecule has 0 bridgehead atoms. The summed E-state index contributed by atoms with van der Waals surface area (Å²) in [4.78, 5) is 0. The highest BCUT2D eigenvalue weighted by atomic mass is 79.9. The second kappa shape index (κ2) is 6.59. The van der Waals surface area contributed by atoms with E-state index in [2.05, 4.69) is 49.3 Å². The van der Waals surface area contributed by atoms with Crippen molar-refractivity contribution in [3.05, 3.63) is 66.5 Å². The summed E-state index contributed by atoms with van der Waals surface area (Å²) >= 11 is 19.3. The molecule has 0 aliphatic rings. The van der Waals surface area contributed by atoms with E-state index in [9.17, 15) is 0 Å². The molecular weight excluding hydrogens is 413 g/mol. The molecule has 0 radical (unpaired) electrons. The zero-order chi connectivity index (χ0) is 14.0. The van der Waals surface area contributed by atoms with Crippen LogP contribution in [0, 0.1) is 0 Å². The SMILES string of the molecule is CNC(c1cc(Br)cc(Br)c1)c1cc(Cl)ccc1Cl. The Labute approximate surface area is 139 Å². The van der Waals surface area contributed by atoms with Crippen molar-refractivity contribution in [1.29, 1.82) is 0 Å². The Morgan fingerprint density at radius 2 is 1.63 bits per heavy atom. The van der Waals surface area contributed by atoms with Crippen LogP contribution in [-0.4, -0.2) is 7.05 Å². The first-order valence-electron chi connectivity index (χ1n) is 5.59. The van der Waals surface area contributed by atoms with Gasteiger partial charge in [-0.25, -0.2) is 0 Å². The van der Waals surface area contributed by atoms with E-state index in [1.165, 1.54) is 0 Å². The van der Waals surface area contributed by atoms with Crippen LogP contribution in [0.5, 0.6) is 0 Å². The Balaban J connectivity index is 2.52. The lowest BCUT2D eigenvalue weighted by Gasteiger charge is -2.19. The fourth-order valence-electron chi connectivity index (χ4n) is 1.98. The monoisotopic (exact) mass is 421 g/mol. The molecule has 0 amide bonds. The molecule has 1 nitrogen and oxygen atoms in total. The van der Waals surface area contributed by atoms with Gasteiger partial charge in [-0.1, -0.05) is 55.1 Å². The molecule has 0 heterocycles. The van der Waals surface area contributed by atoms with E-state index < -0.39 is 0 Å².